The van der Waals surface area contributed by atoms with Gasteiger partial charge in [0.05, 0.1) is 6.04 Å². The van der Waals surface area contributed by atoms with Gasteiger partial charge in [-0.25, -0.2) is 0 Å². The molecule has 0 bridgehead atoms. The zero-order valence-electron chi connectivity index (χ0n) is 12.2. The Balaban J connectivity index is 1.80. The van der Waals surface area contributed by atoms with Crippen LogP contribution in [0.15, 0.2) is 57.4 Å². The van der Waals surface area contributed by atoms with Crippen molar-refractivity contribution in [2.45, 2.75) is 26.3 Å². The maximum absolute atomic E-state index is 5.92. The molecule has 0 spiro atoms. The van der Waals surface area contributed by atoms with E-state index in [0.717, 1.165) is 33.3 Å². The summed E-state index contributed by atoms with van der Waals surface area (Å²) in [6.07, 6.45) is 1.06. The fourth-order valence-electron chi connectivity index (χ4n) is 2.41. The van der Waals surface area contributed by atoms with E-state index >= 15 is 0 Å². The summed E-state index contributed by atoms with van der Waals surface area (Å²) in [6, 6.07) is 16.8. The number of anilines is 1. The maximum atomic E-state index is 5.92. The molecule has 0 radical (unpaired) electrons. The normalized spacial score (nSPS) is 12.5. The molecule has 108 valence electrons. The lowest BCUT2D eigenvalue weighted by Crippen LogP contribution is -2.05. The SMILES string of the molecule is CCc1ccc(NC(C)c2cc3cc(Br)ccc3o2)cc1. The second kappa shape index (κ2) is 5.94. The Morgan fingerprint density at radius 3 is 2.57 bits per heavy atom. The lowest BCUT2D eigenvalue weighted by molar-refractivity contribution is 0.526. The van der Waals surface area contributed by atoms with Crippen molar-refractivity contribution < 1.29 is 4.42 Å². The van der Waals surface area contributed by atoms with E-state index in [-0.39, 0.29) is 6.04 Å². The molecular formula is C18H18BrNO. The largest absolute Gasteiger partial charge is 0.459 e. The fraction of sp³-hybridized carbons (Fsp3) is 0.222. The monoisotopic (exact) mass is 343 g/mol. The van der Waals surface area contributed by atoms with Crippen molar-refractivity contribution in [2.24, 2.45) is 0 Å². The summed E-state index contributed by atoms with van der Waals surface area (Å²) in [5, 5.41) is 4.60. The van der Waals surface area contributed by atoms with Crippen molar-refractivity contribution in [2.75, 3.05) is 5.32 Å². The first-order chi connectivity index (χ1) is 10.2. The molecule has 1 aromatic heterocycles. The Morgan fingerprint density at radius 2 is 1.86 bits per heavy atom. The van der Waals surface area contributed by atoms with Crippen LogP contribution in [0, 0.1) is 0 Å². The Labute approximate surface area is 133 Å². The molecule has 0 aliphatic carbocycles. The van der Waals surface area contributed by atoms with Gasteiger partial charge in [-0.2, -0.15) is 0 Å². The highest BCUT2D eigenvalue weighted by Gasteiger charge is 2.11. The zero-order valence-corrected chi connectivity index (χ0v) is 13.8. The van der Waals surface area contributed by atoms with Gasteiger partial charge in [-0.1, -0.05) is 35.0 Å². The third-order valence-corrected chi connectivity index (χ3v) is 4.16. The van der Waals surface area contributed by atoms with Crippen molar-refractivity contribution in [1.82, 2.24) is 0 Å². The molecule has 3 rings (SSSR count). The molecule has 1 heterocycles. The summed E-state index contributed by atoms with van der Waals surface area (Å²) in [5.41, 5.74) is 3.38. The predicted molar refractivity (Wildman–Crippen MR) is 91.8 cm³/mol. The number of hydrogen-bond acceptors (Lipinski definition) is 2. The van der Waals surface area contributed by atoms with Gasteiger partial charge < -0.3 is 9.73 Å². The molecule has 0 aliphatic heterocycles. The van der Waals surface area contributed by atoms with Crippen LogP contribution in [0.4, 0.5) is 5.69 Å². The van der Waals surface area contributed by atoms with Gasteiger partial charge in [0, 0.05) is 15.5 Å². The van der Waals surface area contributed by atoms with E-state index in [1.54, 1.807) is 0 Å². The predicted octanol–water partition coefficient (Wildman–Crippen LogP) is 5.93. The van der Waals surface area contributed by atoms with Crippen molar-refractivity contribution in [3.05, 3.63) is 64.3 Å². The van der Waals surface area contributed by atoms with Crippen molar-refractivity contribution in [1.29, 1.82) is 0 Å². The van der Waals surface area contributed by atoms with Gasteiger partial charge in [-0.15, -0.1) is 0 Å². The summed E-state index contributed by atoms with van der Waals surface area (Å²) in [7, 11) is 0. The second-order valence-electron chi connectivity index (χ2n) is 5.25. The standard InChI is InChI=1S/C18H18BrNO/c1-3-13-4-7-16(8-5-13)20-12(2)18-11-14-10-15(19)6-9-17(14)21-18/h4-12,20H,3H2,1-2H3. The van der Waals surface area contributed by atoms with Gasteiger partial charge in [0.1, 0.15) is 11.3 Å². The topological polar surface area (TPSA) is 25.2 Å². The highest BCUT2D eigenvalue weighted by Crippen LogP contribution is 2.28. The minimum absolute atomic E-state index is 0.128. The minimum atomic E-state index is 0.128. The molecule has 2 nitrogen and oxygen atoms in total. The average Bonchev–Trinajstić information content (AvgIpc) is 2.91. The first-order valence-corrected chi connectivity index (χ1v) is 7.99. The molecule has 1 N–H and O–H groups in total. The van der Waals surface area contributed by atoms with Crippen LogP contribution >= 0.6 is 15.9 Å². The van der Waals surface area contributed by atoms with Gasteiger partial charge in [-0.3, -0.25) is 0 Å². The second-order valence-corrected chi connectivity index (χ2v) is 6.16. The minimum Gasteiger partial charge on any atom is -0.459 e. The first-order valence-electron chi connectivity index (χ1n) is 7.20. The molecule has 1 atom stereocenters. The van der Waals surface area contributed by atoms with Gasteiger partial charge in [-0.05, 0) is 55.3 Å². The zero-order chi connectivity index (χ0) is 14.8. The summed E-state index contributed by atoms with van der Waals surface area (Å²) >= 11 is 3.49. The van der Waals surface area contributed by atoms with Crippen molar-refractivity contribution >= 4 is 32.6 Å². The molecule has 0 amide bonds. The van der Waals surface area contributed by atoms with E-state index in [2.05, 4.69) is 71.5 Å². The van der Waals surface area contributed by atoms with Crippen LogP contribution in [-0.4, -0.2) is 0 Å². The number of halogens is 1. The summed E-state index contributed by atoms with van der Waals surface area (Å²) < 4.78 is 6.99. The highest BCUT2D eigenvalue weighted by molar-refractivity contribution is 9.10. The van der Waals surface area contributed by atoms with Gasteiger partial charge in [0.15, 0.2) is 0 Å². The van der Waals surface area contributed by atoms with E-state index in [9.17, 15) is 0 Å². The third-order valence-electron chi connectivity index (χ3n) is 3.67. The number of hydrogen-bond donors (Lipinski definition) is 1. The van der Waals surface area contributed by atoms with Crippen LogP contribution in [0.25, 0.3) is 11.0 Å². The van der Waals surface area contributed by atoms with Crippen LogP contribution in [-0.2, 0) is 6.42 Å². The smallest absolute Gasteiger partial charge is 0.134 e. The van der Waals surface area contributed by atoms with E-state index < -0.39 is 0 Å². The fourth-order valence-corrected chi connectivity index (χ4v) is 2.78. The molecule has 21 heavy (non-hydrogen) atoms. The Morgan fingerprint density at radius 1 is 1.10 bits per heavy atom. The molecule has 0 fully saturated rings. The highest BCUT2D eigenvalue weighted by atomic mass is 79.9. The number of nitrogens with one attached hydrogen (secondary N) is 1. The van der Waals surface area contributed by atoms with Crippen LogP contribution in [0.2, 0.25) is 0 Å². The number of benzene rings is 2. The molecular weight excluding hydrogens is 326 g/mol. The molecule has 2 aromatic carbocycles. The van der Waals surface area contributed by atoms with Crippen LogP contribution in [0.5, 0.6) is 0 Å². The first kappa shape index (κ1) is 14.2. The quantitative estimate of drug-likeness (QED) is 0.634. The molecule has 3 heteroatoms. The van der Waals surface area contributed by atoms with Crippen molar-refractivity contribution in [3.8, 4) is 0 Å². The van der Waals surface area contributed by atoms with Gasteiger partial charge >= 0.3 is 0 Å². The van der Waals surface area contributed by atoms with Crippen molar-refractivity contribution in [3.63, 3.8) is 0 Å². The van der Waals surface area contributed by atoms with E-state index in [0.29, 0.717) is 0 Å². The van der Waals surface area contributed by atoms with E-state index in [1.165, 1.54) is 5.56 Å². The van der Waals surface area contributed by atoms with Crippen LogP contribution in [0.1, 0.15) is 31.2 Å². The van der Waals surface area contributed by atoms with Gasteiger partial charge in [0.25, 0.3) is 0 Å². The number of fused-ring (bicyclic) bond motifs is 1. The van der Waals surface area contributed by atoms with Crippen LogP contribution in [0.3, 0.4) is 0 Å². The molecule has 3 aromatic rings. The molecule has 0 saturated heterocycles. The number of furan rings is 1. The lowest BCUT2D eigenvalue weighted by Gasteiger charge is -2.13. The van der Waals surface area contributed by atoms with Gasteiger partial charge in [0.2, 0.25) is 0 Å². The maximum Gasteiger partial charge on any atom is 0.134 e. The molecule has 1 unspecified atom stereocenters. The number of aryl methyl sites for hydroxylation is 1. The number of rotatable bonds is 4. The summed E-state index contributed by atoms with van der Waals surface area (Å²) in [4.78, 5) is 0. The lowest BCUT2D eigenvalue weighted by atomic mass is 10.1. The van der Waals surface area contributed by atoms with Crippen LogP contribution < -0.4 is 5.32 Å². The summed E-state index contributed by atoms with van der Waals surface area (Å²) in [6.45, 7) is 4.28. The summed E-state index contributed by atoms with van der Waals surface area (Å²) in [5.74, 6) is 0.947. The van der Waals surface area contributed by atoms with E-state index in [1.807, 2.05) is 12.1 Å². The Hall–Kier alpha value is -1.74. The molecule has 0 saturated carbocycles. The average molecular weight is 344 g/mol. The Kier molecular flexibility index (Phi) is 4.02. The molecule has 0 aliphatic rings. The Bertz CT molecular complexity index is 746. The van der Waals surface area contributed by atoms with E-state index in [4.69, 9.17) is 4.42 Å². The third kappa shape index (κ3) is 3.13.